The highest BCUT2D eigenvalue weighted by molar-refractivity contribution is 7.98. The summed E-state index contributed by atoms with van der Waals surface area (Å²) in [7, 11) is 0. The summed E-state index contributed by atoms with van der Waals surface area (Å²) in [5.41, 5.74) is 8.84. The van der Waals surface area contributed by atoms with Gasteiger partial charge in [0.15, 0.2) is 0 Å². The Kier molecular flexibility index (Phi) is 4.75. The van der Waals surface area contributed by atoms with Crippen LogP contribution in [0.1, 0.15) is 18.4 Å². The maximum atomic E-state index is 5.94. The van der Waals surface area contributed by atoms with Crippen molar-refractivity contribution >= 4 is 17.4 Å². The molecule has 0 fully saturated rings. The van der Waals surface area contributed by atoms with Gasteiger partial charge in [0.05, 0.1) is 0 Å². The molecule has 1 aromatic carbocycles. The Bertz CT molecular complexity index is 354. The number of hydrogen-bond acceptors (Lipinski definition) is 3. The molecule has 2 rings (SSSR count). The molecular formula is C14H22N2S. The molecule has 17 heavy (non-hydrogen) atoms. The molecule has 0 radical (unpaired) electrons. The van der Waals surface area contributed by atoms with Crippen LogP contribution in [0.15, 0.2) is 24.3 Å². The Labute approximate surface area is 109 Å². The van der Waals surface area contributed by atoms with Gasteiger partial charge in [0.2, 0.25) is 0 Å². The molecule has 0 amide bonds. The van der Waals surface area contributed by atoms with Gasteiger partial charge in [0.1, 0.15) is 0 Å². The molecule has 1 heterocycles. The molecule has 0 saturated heterocycles. The van der Waals surface area contributed by atoms with Crippen LogP contribution in [-0.2, 0) is 6.42 Å². The van der Waals surface area contributed by atoms with E-state index in [1.54, 1.807) is 0 Å². The van der Waals surface area contributed by atoms with Crippen LogP contribution in [0.4, 0.5) is 5.69 Å². The van der Waals surface area contributed by atoms with Crippen LogP contribution in [0.5, 0.6) is 0 Å². The monoisotopic (exact) mass is 250 g/mol. The van der Waals surface area contributed by atoms with E-state index in [-0.39, 0.29) is 0 Å². The highest BCUT2D eigenvalue weighted by Crippen LogP contribution is 2.30. The Balaban J connectivity index is 2.01. The molecule has 0 bridgehead atoms. The van der Waals surface area contributed by atoms with E-state index < -0.39 is 0 Å². The first-order valence-corrected chi connectivity index (χ1v) is 7.79. The van der Waals surface area contributed by atoms with Crippen LogP contribution < -0.4 is 10.6 Å². The SMILES string of the molecule is CSCCCC(CN)N1CCc2ccccc21. The van der Waals surface area contributed by atoms with Crippen LogP contribution in [-0.4, -0.2) is 31.1 Å². The predicted octanol–water partition coefficient (Wildman–Crippen LogP) is 2.52. The number of para-hydroxylation sites is 1. The third-order valence-corrected chi connectivity index (χ3v) is 4.22. The van der Waals surface area contributed by atoms with E-state index >= 15 is 0 Å². The number of rotatable bonds is 6. The van der Waals surface area contributed by atoms with Crippen LogP contribution in [0.2, 0.25) is 0 Å². The van der Waals surface area contributed by atoms with Crippen LogP contribution in [0, 0.1) is 0 Å². The molecule has 0 saturated carbocycles. The maximum absolute atomic E-state index is 5.94. The number of fused-ring (bicyclic) bond motifs is 1. The summed E-state index contributed by atoms with van der Waals surface area (Å²) in [5.74, 6) is 1.24. The summed E-state index contributed by atoms with van der Waals surface area (Å²) in [5, 5.41) is 0. The van der Waals surface area contributed by atoms with Crippen molar-refractivity contribution in [2.24, 2.45) is 5.73 Å². The van der Waals surface area contributed by atoms with E-state index in [4.69, 9.17) is 5.73 Å². The summed E-state index contributed by atoms with van der Waals surface area (Å²) in [6.45, 7) is 1.91. The molecule has 3 heteroatoms. The first-order valence-electron chi connectivity index (χ1n) is 6.40. The van der Waals surface area contributed by atoms with Gasteiger partial charge in [-0.15, -0.1) is 0 Å². The molecule has 1 aromatic rings. The molecule has 1 unspecified atom stereocenters. The Morgan fingerprint density at radius 3 is 3.00 bits per heavy atom. The quantitative estimate of drug-likeness (QED) is 0.787. The van der Waals surface area contributed by atoms with E-state index in [2.05, 4.69) is 35.4 Å². The zero-order valence-electron chi connectivity index (χ0n) is 10.6. The molecule has 2 N–H and O–H groups in total. The smallest absolute Gasteiger partial charge is 0.0412 e. The van der Waals surface area contributed by atoms with Gasteiger partial charge in [-0.2, -0.15) is 11.8 Å². The number of hydrogen-bond donors (Lipinski definition) is 1. The largest absolute Gasteiger partial charge is 0.367 e. The molecule has 94 valence electrons. The van der Waals surface area contributed by atoms with Crippen molar-refractivity contribution in [1.82, 2.24) is 0 Å². The minimum absolute atomic E-state index is 0.519. The van der Waals surface area contributed by atoms with Gasteiger partial charge < -0.3 is 10.6 Å². The first-order chi connectivity index (χ1) is 8.36. The number of thioether (sulfide) groups is 1. The zero-order valence-corrected chi connectivity index (χ0v) is 11.4. The van der Waals surface area contributed by atoms with Crippen molar-refractivity contribution in [2.45, 2.75) is 25.3 Å². The fraction of sp³-hybridized carbons (Fsp3) is 0.571. The van der Waals surface area contributed by atoms with Gasteiger partial charge in [-0.3, -0.25) is 0 Å². The highest BCUT2D eigenvalue weighted by atomic mass is 32.2. The second kappa shape index (κ2) is 6.31. The molecule has 0 spiro atoms. The lowest BCUT2D eigenvalue weighted by atomic mass is 10.1. The van der Waals surface area contributed by atoms with E-state index in [1.165, 1.54) is 36.3 Å². The molecular weight excluding hydrogens is 228 g/mol. The normalized spacial score (nSPS) is 16.0. The van der Waals surface area contributed by atoms with Gasteiger partial charge in [0, 0.05) is 24.8 Å². The summed E-state index contributed by atoms with van der Waals surface area (Å²) in [6, 6.07) is 9.26. The lowest BCUT2D eigenvalue weighted by Gasteiger charge is -2.29. The number of anilines is 1. The lowest BCUT2D eigenvalue weighted by molar-refractivity contribution is 0.564. The predicted molar refractivity (Wildman–Crippen MR) is 78.0 cm³/mol. The first kappa shape index (κ1) is 12.8. The number of nitrogens with two attached hydrogens (primary N) is 1. The Morgan fingerprint density at radius 2 is 2.24 bits per heavy atom. The van der Waals surface area contributed by atoms with Gasteiger partial charge in [-0.25, -0.2) is 0 Å². The standard InChI is InChI=1S/C14H22N2S/c1-17-10-4-6-13(11-15)16-9-8-12-5-2-3-7-14(12)16/h2-3,5,7,13H,4,6,8-11,15H2,1H3. The van der Waals surface area contributed by atoms with Crippen LogP contribution >= 0.6 is 11.8 Å². The average molecular weight is 250 g/mol. The minimum Gasteiger partial charge on any atom is -0.367 e. The maximum Gasteiger partial charge on any atom is 0.0412 e. The second-order valence-corrected chi connectivity index (χ2v) is 5.58. The van der Waals surface area contributed by atoms with Gasteiger partial charge in [-0.05, 0) is 42.9 Å². The number of benzene rings is 1. The van der Waals surface area contributed by atoms with Gasteiger partial charge >= 0.3 is 0 Å². The highest BCUT2D eigenvalue weighted by Gasteiger charge is 2.24. The van der Waals surface area contributed by atoms with Crippen LogP contribution in [0.25, 0.3) is 0 Å². The van der Waals surface area contributed by atoms with Crippen molar-refractivity contribution in [2.75, 3.05) is 30.0 Å². The van der Waals surface area contributed by atoms with E-state index in [0.29, 0.717) is 6.04 Å². The van der Waals surface area contributed by atoms with Gasteiger partial charge in [0.25, 0.3) is 0 Å². The molecule has 0 aromatic heterocycles. The molecule has 2 nitrogen and oxygen atoms in total. The summed E-state index contributed by atoms with van der Waals surface area (Å²) < 4.78 is 0. The Morgan fingerprint density at radius 1 is 1.41 bits per heavy atom. The van der Waals surface area contributed by atoms with Crippen molar-refractivity contribution in [3.63, 3.8) is 0 Å². The Hall–Kier alpha value is -0.670. The van der Waals surface area contributed by atoms with E-state index in [0.717, 1.165) is 13.1 Å². The molecule has 1 aliphatic rings. The topological polar surface area (TPSA) is 29.3 Å². The van der Waals surface area contributed by atoms with E-state index in [9.17, 15) is 0 Å². The summed E-state index contributed by atoms with van der Waals surface area (Å²) >= 11 is 1.92. The second-order valence-electron chi connectivity index (χ2n) is 4.60. The van der Waals surface area contributed by atoms with Gasteiger partial charge in [-0.1, -0.05) is 18.2 Å². The van der Waals surface area contributed by atoms with Crippen molar-refractivity contribution < 1.29 is 0 Å². The minimum atomic E-state index is 0.519. The van der Waals surface area contributed by atoms with Crippen molar-refractivity contribution in [1.29, 1.82) is 0 Å². The zero-order chi connectivity index (χ0) is 12.1. The van der Waals surface area contributed by atoms with Crippen molar-refractivity contribution in [3.05, 3.63) is 29.8 Å². The molecule has 0 aliphatic carbocycles. The number of nitrogens with zero attached hydrogens (tertiary/aromatic N) is 1. The van der Waals surface area contributed by atoms with Crippen LogP contribution in [0.3, 0.4) is 0 Å². The lowest BCUT2D eigenvalue weighted by Crippen LogP contribution is -2.39. The van der Waals surface area contributed by atoms with E-state index in [1.807, 2.05) is 11.8 Å². The average Bonchev–Trinajstić information content (AvgIpc) is 2.79. The summed E-state index contributed by atoms with van der Waals surface area (Å²) in [6.07, 6.45) is 5.82. The third-order valence-electron chi connectivity index (χ3n) is 3.52. The van der Waals surface area contributed by atoms with Crippen molar-refractivity contribution in [3.8, 4) is 0 Å². The fourth-order valence-electron chi connectivity index (χ4n) is 2.61. The summed E-state index contributed by atoms with van der Waals surface area (Å²) in [4.78, 5) is 2.51. The fourth-order valence-corrected chi connectivity index (χ4v) is 3.06. The molecule has 1 atom stereocenters. The third kappa shape index (κ3) is 2.96. The molecule has 1 aliphatic heterocycles.